The molecule has 2 amide bonds. The molecule has 4 aromatic rings. The lowest BCUT2D eigenvalue weighted by Gasteiger charge is -2.38. The molecule has 1 aliphatic rings. The van der Waals surface area contributed by atoms with Gasteiger partial charge in [-0.25, -0.2) is 4.98 Å². The molecule has 2 heterocycles. The van der Waals surface area contributed by atoms with Gasteiger partial charge in [0.25, 0.3) is 0 Å². The minimum absolute atomic E-state index is 0.144. The third-order valence-corrected chi connectivity index (χ3v) is 9.54. The summed E-state index contributed by atoms with van der Waals surface area (Å²) < 4.78 is 23.6. The summed E-state index contributed by atoms with van der Waals surface area (Å²) in [6.45, 7) is 7.09. The molecule has 0 saturated carbocycles. The SMILES string of the molecule is COc1cc(/C=C2/C[C@H](C)CN([C@@H](CO)c3ccc(C(=O)c4ccc(/C=C/C(=O)NCCOCCOCCOCCN=[N+]=[N-])cc4)cc3)C2=O)ccc1-n1cnc(C)c1. The molecule has 15 heteroatoms. The van der Waals surface area contributed by atoms with E-state index in [0.29, 0.717) is 81.6 Å². The lowest BCUT2D eigenvalue weighted by molar-refractivity contribution is -0.133. The van der Waals surface area contributed by atoms with E-state index in [4.69, 9.17) is 24.5 Å². The van der Waals surface area contributed by atoms with Crippen LogP contribution in [0.2, 0.25) is 0 Å². The van der Waals surface area contributed by atoms with Crippen molar-refractivity contribution < 1.29 is 38.4 Å². The van der Waals surface area contributed by atoms with Crippen LogP contribution in [0.25, 0.3) is 28.3 Å². The fourth-order valence-electron chi connectivity index (χ4n) is 6.59. The quantitative estimate of drug-likeness (QED) is 0.0243. The number of amides is 2. The van der Waals surface area contributed by atoms with E-state index >= 15 is 0 Å². The molecule has 0 bridgehead atoms. The van der Waals surface area contributed by atoms with Crippen molar-refractivity contribution in [2.45, 2.75) is 26.3 Å². The number of hydrogen-bond donors (Lipinski definition) is 2. The number of aliphatic hydroxyl groups excluding tert-OH is 1. The fourth-order valence-corrected chi connectivity index (χ4v) is 6.59. The maximum atomic E-state index is 13.9. The van der Waals surface area contributed by atoms with Gasteiger partial charge >= 0.3 is 0 Å². The van der Waals surface area contributed by atoms with E-state index < -0.39 is 6.04 Å². The molecule has 2 N–H and O–H groups in total. The number of piperidine rings is 1. The average molecular weight is 806 g/mol. The van der Waals surface area contributed by atoms with Crippen LogP contribution in [0.5, 0.6) is 5.75 Å². The number of ketones is 1. The molecule has 3 aromatic carbocycles. The molecular formula is C44H51N7O8. The molecule has 15 nitrogen and oxygen atoms in total. The first-order chi connectivity index (χ1) is 28.7. The maximum Gasteiger partial charge on any atom is 0.250 e. The van der Waals surface area contributed by atoms with Crippen LogP contribution in [0, 0.1) is 12.8 Å². The Hall–Kier alpha value is -6.09. The number of aromatic nitrogens is 2. The highest BCUT2D eigenvalue weighted by molar-refractivity contribution is 6.09. The standard InChI is InChI=1S/C44H51N7O8/c1-31-24-38(25-34-6-14-39(41(26-34)56-3)50-28-32(2)47-30-50)44(55)51(27-31)40(29-52)35-10-12-37(13-11-35)43(54)36-8-4-33(5-9-36)7-15-42(53)46-16-18-57-20-22-59-23-21-58-19-17-48-49-45/h4-15,25-26,28,30-31,40,52H,16-24,27,29H2,1-3H3,(H,46,53)/b15-7+,38-25-/t31-,40-/m0/s1. The summed E-state index contributed by atoms with van der Waals surface area (Å²) >= 11 is 0. The Kier molecular flexibility index (Phi) is 17.0. The molecule has 1 saturated heterocycles. The van der Waals surface area contributed by atoms with Gasteiger partial charge in [0.05, 0.1) is 77.1 Å². The van der Waals surface area contributed by atoms with Crippen molar-refractivity contribution in [3.63, 3.8) is 0 Å². The number of nitrogens with one attached hydrogen (secondary N) is 1. The number of hydrogen-bond acceptors (Lipinski definition) is 10. The minimum Gasteiger partial charge on any atom is -0.495 e. The number of carbonyl (C=O) groups excluding carboxylic acids is 3. The van der Waals surface area contributed by atoms with Crippen molar-refractivity contribution in [2.75, 3.05) is 73.0 Å². The molecule has 0 aliphatic carbocycles. The highest BCUT2D eigenvalue weighted by Gasteiger charge is 2.33. The number of nitrogens with zero attached hydrogens (tertiary/aromatic N) is 6. The molecule has 0 unspecified atom stereocenters. The van der Waals surface area contributed by atoms with E-state index in [1.807, 2.05) is 42.0 Å². The molecule has 1 aliphatic heterocycles. The van der Waals surface area contributed by atoms with Crippen LogP contribution in [0.3, 0.4) is 0 Å². The Morgan fingerprint density at radius 1 is 0.983 bits per heavy atom. The molecule has 0 radical (unpaired) electrons. The van der Waals surface area contributed by atoms with Gasteiger partial charge in [-0.2, -0.15) is 0 Å². The van der Waals surface area contributed by atoms with E-state index in [1.165, 1.54) is 6.08 Å². The van der Waals surface area contributed by atoms with Crippen molar-refractivity contribution in [3.05, 3.63) is 135 Å². The van der Waals surface area contributed by atoms with Crippen molar-refractivity contribution in [3.8, 4) is 11.4 Å². The third-order valence-electron chi connectivity index (χ3n) is 9.54. The molecule has 1 fully saturated rings. The number of ether oxygens (including phenoxy) is 4. The summed E-state index contributed by atoms with van der Waals surface area (Å²) in [5, 5.41) is 16.7. The summed E-state index contributed by atoms with van der Waals surface area (Å²) in [6, 6.07) is 19.1. The summed E-state index contributed by atoms with van der Waals surface area (Å²) in [5.41, 5.74) is 13.8. The smallest absolute Gasteiger partial charge is 0.250 e. The summed E-state index contributed by atoms with van der Waals surface area (Å²) in [5.74, 6) is 0.219. The van der Waals surface area contributed by atoms with Gasteiger partial charge in [0.15, 0.2) is 5.78 Å². The number of rotatable bonds is 22. The van der Waals surface area contributed by atoms with Crippen molar-refractivity contribution in [1.82, 2.24) is 19.8 Å². The minimum atomic E-state index is -0.588. The van der Waals surface area contributed by atoms with Crippen LogP contribution < -0.4 is 10.1 Å². The Bertz CT molecular complexity index is 2130. The first-order valence-corrected chi connectivity index (χ1v) is 19.5. The van der Waals surface area contributed by atoms with Gasteiger partial charge in [-0.1, -0.05) is 66.6 Å². The van der Waals surface area contributed by atoms with E-state index in [9.17, 15) is 19.5 Å². The molecule has 0 spiro atoms. The lowest BCUT2D eigenvalue weighted by atomic mass is 9.90. The van der Waals surface area contributed by atoms with Gasteiger partial charge in [-0.05, 0) is 65.8 Å². The van der Waals surface area contributed by atoms with Gasteiger partial charge in [0, 0.05) is 53.5 Å². The number of methoxy groups -OCH3 is 1. The number of carbonyl (C=O) groups is 3. The van der Waals surface area contributed by atoms with Crippen LogP contribution in [-0.2, 0) is 23.8 Å². The zero-order valence-electron chi connectivity index (χ0n) is 33.7. The molecule has 310 valence electrons. The van der Waals surface area contributed by atoms with E-state index in [-0.39, 0.29) is 36.7 Å². The van der Waals surface area contributed by atoms with Crippen molar-refractivity contribution in [2.24, 2.45) is 11.0 Å². The summed E-state index contributed by atoms with van der Waals surface area (Å²) in [4.78, 5) is 48.2. The zero-order valence-corrected chi connectivity index (χ0v) is 33.7. The number of aryl methyl sites for hydroxylation is 1. The van der Waals surface area contributed by atoms with E-state index in [1.54, 1.807) is 72.9 Å². The summed E-state index contributed by atoms with van der Waals surface area (Å²) in [6.07, 6.45) is 9.22. The number of azide groups is 1. The Morgan fingerprint density at radius 3 is 2.29 bits per heavy atom. The first kappa shape index (κ1) is 44.0. The molecule has 2 atom stereocenters. The Labute approximate surface area is 343 Å². The predicted octanol–water partition coefficient (Wildman–Crippen LogP) is 5.90. The van der Waals surface area contributed by atoms with Crippen LogP contribution >= 0.6 is 0 Å². The second-order valence-corrected chi connectivity index (χ2v) is 14.0. The summed E-state index contributed by atoms with van der Waals surface area (Å²) in [7, 11) is 1.61. The van der Waals surface area contributed by atoms with Gasteiger partial charge in [-0.3, -0.25) is 14.4 Å². The highest BCUT2D eigenvalue weighted by atomic mass is 16.5. The normalized spacial score (nSPS) is 15.3. The van der Waals surface area contributed by atoms with Crippen LogP contribution in [-0.4, -0.2) is 110 Å². The monoisotopic (exact) mass is 805 g/mol. The largest absolute Gasteiger partial charge is 0.495 e. The van der Waals surface area contributed by atoms with Crippen molar-refractivity contribution >= 4 is 29.7 Å². The van der Waals surface area contributed by atoms with Gasteiger partial charge in [0.1, 0.15) is 5.75 Å². The maximum absolute atomic E-state index is 13.9. The highest BCUT2D eigenvalue weighted by Crippen LogP contribution is 2.33. The molecule has 5 rings (SSSR count). The Balaban J connectivity index is 1.10. The van der Waals surface area contributed by atoms with Gasteiger partial charge in [-0.15, -0.1) is 0 Å². The number of likely N-dealkylation sites (tertiary alicyclic amines) is 1. The molecular weight excluding hydrogens is 755 g/mol. The number of benzene rings is 3. The van der Waals surface area contributed by atoms with Gasteiger partial charge < -0.3 is 38.8 Å². The predicted molar refractivity (Wildman–Crippen MR) is 223 cm³/mol. The van der Waals surface area contributed by atoms with Gasteiger partial charge in [0.2, 0.25) is 11.8 Å². The number of aliphatic hydroxyl groups is 1. The second kappa shape index (κ2) is 22.7. The van der Waals surface area contributed by atoms with Crippen LogP contribution in [0.1, 0.15) is 57.7 Å². The Morgan fingerprint density at radius 2 is 1.64 bits per heavy atom. The van der Waals surface area contributed by atoms with E-state index in [0.717, 1.165) is 28.1 Å². The topological polar surface area (TPSA) is 190 Å². The average Bonchev–Trinajstić information content (AvgIpc) is 3.69. The third kappa shape index (κ3) is 13.0. The molecule has 59 heavy (non-hydrogen) atoms. The number of imidazole rings is 1. The first-order valence-electron chi connectivity index (χ1n) is 19.5. The fraction of sp³-hybridized carbons (Fsp3) is 0.364. The molecule has 1 aromatic heterocycles. The van der Waals surface area contributed by atoms with Crippen molar-refractivity contribution in [1.29, 1.82) is 0 Å². The zero-order chi connectivity index (χ0) is 42.0. The second-order valence-electron chi connectivity index (χ2n) is 14.0. The lowest BCUT2D eigenvalue weighted by Crippen LogP contribution is -2.44. The van der Waals surface area contributed by atoms with E-state index in [2.05, 4.69) is 27.3 Å². The van der Waals surface area contributed by atoms with Crippen LogP contribution in [0.15, 0.2) is 96.0 Å². The van der Waals surface area contributed by atoms with Crippen LogP contribution in [0.4, 0.5) is 0 Å².